The zero-order valence-corrected chi connectivity index (χ0v) is 8.86. The maximum atomic E-state index is 11.0. The zero-order valence-electron chi connectivity index (χ0n) is 8.86. The van der Waals surface area contributed by atoms with E-state index in [1.165, 1.54) is 20.0 Å². The Bertz CT molecular complexity index is 211. The third-order valence-electron chi connectivity index (χ3n) is 2.33. The minimum absolute atomic E-state index is 0.0793. The summed E-state index contributed by atoms with van der Waals surface area (Å²) in [5, 5.41) is 0. The first-order valence-corrected chi connectivity index (χ1v) is 5.17. The first-order chi connectivity index (χ1) is 6.76. The molecule has 1 heterocycles. The molecule has 0 saturated heterocycles. The van der Waals surface area contributed by atoms with Crippen molar-refractivity contribution in [3.05, 3.63) is 12.2 Å². The lowest BCUT2D eigenvalue weighted by Crippen LogP contribution is -2.17. The van der Waals surface area contributed by atoms with Gasteiger partial charge in [0.25, 0.3) is 0 Å². The minimum Gasteiger partial charge on any atom is -0.469 e. The molecule has 0 amide bonds. The highest BCUT2D eigenvalue weighted by atomic mass is 16.5. The molecular formula is C11H18O3. The Hall–Kier alpha value is -0.830. The van der Waals surface area contributed by atoms with Crippen molar-refractivity contribution in [2.24, 2.45) is 0 Å². The van der Waals surface area contributed by atoms with Gasteiger partial charge in [0.05, 0.1) is 25.7 Å². The molecule has 0 aromatic heterocycles. The summed E-state index contributed by atoms with van der Waals surface area (Å²) < 4.78 is 10.2. The van der Waals surface area contributed by atoms with E-state index in [2.05, 4.69) is 11.7 Å². The van der Waals surface area contributed by atoms with Gasteiger partial charge in [0.1, 0.15) is 0 Å². The van der Waals surface area contributed by atoms with Crippen LogP contribution in [0.2, 0.25) is 0 Å². The van der Waals surface area contributed by atoms with Crippen molar-refractivity contribution in [1.29, 1.82) is 0 Å². The predicted octanol–water partition coefficient (Wildman–Crippen LogP) is 2.06. The number of carbonyl (C=O) groups is 1. The number of methoxy groups -OCH3 is 1. The Morgan fingerprint density at radius 1 is 1.43 bits per heavy atom. The van der Waals surface area contributed by atoms with Crippen LogP contribution in [0.3, 0.4) is 0 Å². The first kappa shape index (κ1) is 11.2. The summed E-state index contributed by atoms with van der Waals surface area (Å²) in [6, 6.07) is 0. The van der Waals surface area contributed by atoms with Crippen molar-refractivity contribution in [1.82, 2.24) is 0 Å². The summed E-state index contributed by atoms with van der Waals surface area (Å²) in [7, 11) is 1.40. The van der Waals surface area contributed by atoms with Gasteiger partial charge in [0.15, 0.2) is 0 Å². The smallest absolute Gasteiger partial charge is 0.308 e. The average Bonchev–Trinajstić information content (AvgIpc) is 2.62. The van der Waals surface area contributed by atoms with E-state index >= 15 is 0 Å². The molecule has 1 rings (SSSR count). The molecule has 1 aliphatic heterocycles. The lowest BCUT2D eigenvalue weighted by Gasteiger charge is -2.12. The Labute approximate surface area is 85.1 Å². The summed E-state index contributed by atoms with van der Waals surface area (Å²) in [6.45, 7) is 2.16. The molecule has 0 unspecified atom stereocenters. The van der Waals surface area contributed by atoms with Gasteiger partial charge in [-0.15, -0.1) is 0 Å². The number of esters is 1. The van der Waals surface area contributed by atoms with Crippen molar-refractivity contribution < 1.29 is 14.3 Å². The second kappa shape index (κ2) is 5.81. The minimum atomic E-state index is -0.212. The van der Waals surface area contributed by atoms with Gasteiger partial charge >= 0.3 is 5.97 Å². The van der Waals surface area contributed by atoms with Gasteiger partial charge in [-0.25, -0.2) is 0 Å². The fourth-order valence-corrected chi connectivity index (χ4v) is 1.50. The van der Waals surface area contributed by atoms with Crippen LogP contribution in [-0.4, -0.2) is 25.3 Å². The van der Waals surface area contributed by atoms with Crippen LogP contribution in [0.4, 0.5) is 0 Å². The molecule has 0 aliphatic carbocycles. The number of unbranched alkanes of at least 4 members (excludes halogenated alkanes) is 1. The molecule has 3 heteroatoms. The topological polar surface area (TPSA) is 35.5 Å². The van der Waals surface area contributed by atoms with Crippen molar-refractivity contribution in [2.75, 3.05) is 7.11 Å². The van der Waals surface area contributed by atoms with Crippen molar-refractivity contribution >= 4 is 5.97 Å². The van der Waals surface area contributed by atoms with E-state index in [9.17, 15) is 4.79 Å². The fraction of sp³-hybridized carbons (Fsp3) is 0.727. The summed E-state index contributed by atoms with van der Waals surface area (Å²) in [5.41, 5.74) is 0. The molecule has 0 spiro atoms. The van der Waals surface area contributed by atoms with Crippen molar-refractivity contribution in [2.45, 2.75) is 44.8 Å². The molecule has 14 heavy (non-hydrogen) atoms. The third kappa shape index (κ3) is 3.50. The first-order valence-electron chi connectivity index (χ1n) is 5.17. The van der Waals surface area contributed by atoms with Crippen LogP contribution in [0.25, 0.3) is 0 Å². The standard InChI is InChI=1S/C11H18O3/c1-3-4-5-9-6-7-10(14-9)8-11(12)13-2/h6-7,9-10H,3-5,8H2,1-2H3/t9-,10-/m0/s1. The number of ether oxygens (including phenoxy) is 2. The fourth-order valence-electron chi connectivity index (χ4n) is 1.50. The van der Waals surface area contributed by atoms with E-state index in [1.807, 2.05) is 12.2 Å². The molecular weight excluding hydrogens is 180 g/mol. The lowest BCUT2D eigenvalue weighted by molar-refractivity contribution is -0.143. The average molecular weight is 198 g/mol. The Morgan fingerprint density at radius 3 is 2.79 bits per heavy atom. The largest absolute Gasteiger partial charge is 0.469 e. The molecule has 0 saturated carbocycles. The summed E-state index contributed by atoms with van der Waals surface area (Å²) >= 11 is 0. The number of hydrogen-bond donors (Lipinski definition) is 0. The maximum Gasteiger partial charge on any atom is 0.308 e. The molecule has 0 fully saturated rings. The SMILES string of the molecule is CCCC[C@H]1C=C[C@@H](CC(=O)OC)O1. The normalized spacial score (nSPS) is 25.3. The van der Waals surface area contributed by atoms with E-state index in [1.54, 1.807) is 0 Å². The highest BCUT2D eigenvalue weighted by molar-refractivity contribution is 5.70. The van der Waals surface area contributed by atoms with E-state index in [4.69, 9.17) is 4.74 Å². The van der Waals surface area contributed by atoms with Crippen molar-refractivity contribution in [3.8, 4) is 0 Å². The highest BCUT2D eigenvalue weighted by Crippen LogP contribution is 2.18. The quantitative estimate of drug-likeness (QED) is 0.501. The number of carbonyl (C=O) groups excluding carboxylic acids is 1. The Balaban J connectivity index is 2.21. The second-order valence-corrected chi connectivity index (χ2v) is 3.52. The molecule has 0 aromatic rings. The summed E-state index contributed by atoms with van der Waals surface area (Å²) in [5.74, 6) is -0.212. The second-order valence-electron chi connectivity index (χ2n) is 3.52. The van der Waals surface area contributed by atoms with Gasteiger partial charge < -0.3 is 9.47 Å². The number of hydrogen-bond acceptors (Lipinski definition) is 3. The van der Waals surface area contributed by atoms with E-state index in [0.717, 1.165) is 6.42 Å². The zero-order chi connectivity index (χ0) is 10.4. The van der Waals surface area contributed by atoms with Crippen LogP contribution >= 0.6 is 0 Å². The monoisotopic (exact) mass is 198 g/mol. The van der Waals surface area contributed by atoms with Crippen LogP contribution in [0.1, 0.15) is 32.6 Å². The molecule has 0 radical (unpaired) electrons. The molecule has 2 atom stereocenters. The van der Waals surface area contributed by atoms with Gasteiger partial charge in [0, 0.05) is 0 Å². The van der Waals surface area contributed by atoms with Gasteiger partial charge in [-0.1, -0.05) is 31.9 Å². The van der Waals surface area contributed by atoms with E-state index < -0.39 is 0 Å². The molecule has 80 valence electrons. The predicted molar refractivity (Wildman–Crippen MR) is 54.0 cm³/mol. The maximum absolute atomic E-state index is 11.0. The van der Waals surface area contributed by atoms with Crippen molar-refractivity contribution in [3.63, 3.8) is 0 Å². The van der Waals surface area contributed by atoms with Gasteiger partial charge in [0.2, 0.25) is 0 Å². The summed E-state index contributed by atoms with van der Waals surface area (Å²) in [4.78, 5) is 11.0. The van der Waals surface area contributed by atoms with Crippen LogP contribution in [-0.2, 0) is 14.3 Å². The third-order valence-corrected chi connectivity index (χ3v) is 2.33. The highest BCUT2D eigenvalue weighted by Gasteiger charge is 2.21. The van der Waals surface area contributed by atoms with Crippen LogP contribution in [0, 0.1) is 0 Å². The Kier molecular flexibility index (Phi) is 4.66. The molecule has 0 aromatic carbocycles. The summed E-state index contributed by atoms with van der Waals surface area (Å²) in [6.07, 6.45) is 7.84. The van der Waals surface area contributed by atoms with Gasteiger partial charge in [-0.05, 0) is 6.42 Å². The van der Waals surface area contributed by atoms with Gasteiger partial charge in [-0.2, -0.15) is 0 Å². The van der Waals surface area contributed by atoms with Crippen LogP contribution in [0.15, 0.2) is 12.2 Å². The van der Waals surface area contributed by atoms with E-state index in [-0.39, 0.29) is 18.2 Å². The lowest BCUT2D eigenvalue weighted by atomic mass is 10.2. The molecule has 0 bridgehead atoms. The van der Waals surface area contributed by atoms with E-state index in [0.29, 0.717) is 6.42 Å². The van der Waals surface area contributed by atoms with Gasteiger partial charge in [-0.3, -0.25) is 4.79 Å². The van der Waals surface area contributed by atoms with Crippen LogP contribution in [0.5, 0.6) is 0 Å². The molecule has 0 N–H and O–H groups in total. The van der Waals surface area contributed by atoms with Crippen LogP contribution < -0.4 is 0 Å². The number of rotatable bonds is 5. The molecule has 3 nitrogen and oxygen atoms in total. The molecule has 1 aliphatic rings. The Morgan fingerprint density at radius 2 is 2.14 bits per heavy atom.